The van der Waals surface area contributed by atoms with Gasteiger partial charge in [-0.05, 0) is 25.1 Å². The zero-order valence-electron chi connectivity index (χ0n) is 10.7. The number of halogens is 1. The number of aromatic nitrogens is 1. The largest absolute Gasteiger partial charge is 0.398 e. The molecular formula is C13H14BrN3OS. The zero-order chi connectivity index (χ0) is 14.0. The highest BCUT2D eigenvalue weighted by atomic mass is 79.9. The van der Waals surface area contributed by atoms with Crippen molar-refractivity contribution in [1.82, 2.24) is 9.88 Å². The van der Waals surface area contributed by atoms with E-state index in [0.717, 1.165) is 15.2 Å². The SMILES string of the molecule is Cc1nc(CN(C)C(=O)c2ccc(Br)cc2N)cs1. The second-order valence-corrected chi connectivity index (χ2v) is 6.23. The predicted molar refractivity (Wildman–Crippen MR) is 81.2 cm³/mol. The summed E-state index contributed by atoms with van der Waals surface area (Å²) in [6.45, 7) is 2.43. The third kappa shape index (κ3) is 3.33. The number of amides is 1. The first-order chi connectivity index (χ1) is 8.97. The van der Waals surface area contributed by atoms with Crippen molar-refractivity contribution in [3.05, 3.63) is 44.3 Å². The summed E-state index contributed by atoms with van der Waals surface area (Å²) in [6.07, 6.45) is 0. The average Bonchev–Trinajstić information content (AvgIpc) is 2.74. The molecule has 2 aromatic rings. The highest BCUT2D eigenvalue weighted by molar-refractivity contribution is 9.10. The summed E-state index contributed by atoms with van der Waals surface area (Å²) in [5.74, 6) is -0.101. The van der Waals surface area contributed by atoms with E-state index in [1.165, 1.54) is 0 Å². The van der Waals surface area contributed by atoms with Gasteiger partial charge in [0.25, 0.3) is 5.91 Å². The van der Waals surface area contributed by atoms with Crippen LogP contribution in [-0.2, 0) is 6.54 Å². The Kier molecular flexibility index (Phi) is 4.21. The lowest BCUT2D eigenvalue weighted by Crippen LogP contribution is -2.27. The number of thiazole rings is 1. The number of nitrogens with two attached hydrogens (primary N) is 1. The number of aryl methyl sites for hydroxylation is 1. The Morgan fingerprint density at radius 2 is 2.26 bits per heavy atom. The normalized spacial score (nSPS) is 10.5. The molecule has 1 amide bonds. The minimum absolute atomic E-state index is 0.101. The van der Waals surface area contributed by atoms with E-state index in [2.05, 4.69) is 20.9 Å². The van der Waals surface area contributed by atoms with Gasteiger partial charge in [0.15, 0.2) is 0 Å². The molecule has 6 heteroatoms. The molecule has 0 saturated carbocycles. The van der Waals surface area contributed by atoms with Gasteiger partial charge in [-0.2, -0.15) is 0 Å². The molecule has 0 radical (unpaired) electrons. The number of benzene rings is 1. The van der Waals surface area contributed by atoms with Crippen LogP contribution in [0.25, 0.3) is 0 Å². The standard InChI is InChI=1S/C13H14BrN3OS/c1-8-16-10(7-19-8)6-17(2)13(18)11-4-3-9(14)5-12(11)15/h3-5,7H,6,15H2,1-2H3. The minimum Gasteiger partial charge on any atom is -0.398 e. The smallest absolute Gasteiger partial charge is 0.256 e. The molecule has 0 aliphatic carbocycles. The third-order valence-corrected chi connectivity index (χ3v) is 3.97. The third-order valence-electron chi connectivity index (χ3n) is 2.66. The lowest BCUT2D eigenvalue weighted by Gasteiger charge is -2.17. The van der Waals surface area contributed by atoms with E-state index in [1.807, 2.05) is 18.4 Å². The second-order valence-electron chi connectivity index (χ2n) is 4.25. The van der Waals surface area contributed by atoms with E-state index in [9.17, 15) is 4.79 Å². The molecule has 0 aliphatic rings. The van der Waals surface area contributed by atoms with E-state index in [-0.39, 0.29) is 5.91 Å². The highest BCUT2D eigenvalue weighted by Gasteiger charge is 2.15. The average molecular weight is 340 g/mol. The summed E-state index contributed by atoms with van der Waals surface area (Å²) in [5.41, 5.74) is 7.75. The Morgan fingerprint density at radius 3 is 2.84 bits per heavy atom. The van der Waals surface area contributed by atoms with Crippen molar-refractivity contribution < 1.29 is 4.79 Å². The Morgan fingerprint density at radius 1 is 1.53 bits per heavy atom. The fraction of sp³-hybridized carbons (Fsp3) is 0.231. The minimum atomic E-state index is -0.101. The summed E-state index contributed by atoms with van der Waals surface area (Å²) >= 11 is 4.90. The van der Waals surface area contributed by atoms with Gasteiger partial charge in [0.1, 0.15) is 0 Å². The fourth-order valence-corrected chi connectivity index (χ4v) is 2.71. The van der Waals surface area contributed by atoms with Gasteiger partial charge in [0, 0.05) is 22.6 Å². The van der Waals surface area contributed by atoms with Gasteiger partial charge in [0.05, 0.1) is 22.8 Å². The molecule has 19 heavy (non-hydrogen) atoms. The van der Waals surface area contributed by atoms with E-state index < -0.39 is 0 Å². The van der Waals surface area contributed by atoms with Gasteiger partial charge in [-0.1, -0.05) is 15.9 Å². The maximum absolute atomic E-state index is 12.3. The van der Waals surface area contributed by atoms with Crippen molar-refractivity contribution in [3.63, 3.8) is 0 Å². The van der Waals surface area contributed by atoms with Crippen LogP contribution in [0.1, 0.15) is 21.1 Å². The number of hydrogen-bond acceptors (Lipinski definition) is 4. The van der Waals surface area contributed by atoms with Crippen LogP contribution in [0.5, 0.6) is 0 Å². The number of nitrogens with zero attached hydrogens (tertiary/aromatic N) is 2. The molecule has 0 fully saturated rings. The monoisotopic (exact) mass is 339 g/mol. The van der Waals surface area contributed by atoms with Crippen molar-refractivity contribution in [3.8, 4) is 0 Å². The number of hydrogen-bond donors (Lipinski definition) is 1. The van der Waals surface area contributed by atoms with Gasteiger partial charge < -0.3 is 10.6 Å². The number of carbonyl (C=O) groups excluding carboxylic acids is 1. The molecule has 0 aliphatic heterocycles. The molecule has 1 heterocycles. The lowest BCUT2D eigenvalue weighted by molar-refractivity contribution is 0.0784. The first kappa shape index (κ1) is 14.0. The highest BCUT2D eigenvalue weighted by Crippen LogP contribution is 2.20. The molecule has 4 nitrogen and oxygen atoms in total. The lowest BCUT2D eigenvalue weighted by atomic mass is 10.1. The van der Waals surface area contributed by atoms with Crippen LogP contribution in [0, 0.1) is 6.92 Å². The molecule has 1 aromatic carbocycles. The summed E-state index contributed by atoms with van der Waals surface area (Å²) < 4.78 is 0.860. The zero-order valence-corrected chi connectivity index (χ0v) is 13.1. The Hall–Kier alpha value is -1.40. The van der Waals surface area contributed by atoms with E-state index >= 15 is 0 Å². The number of nitrogen functional groups attached to an aromatic ring is 1. The Balaban J connectivity index is 2.14. The second kappa shape index (κ2) is 5.71. The van der Waals surface area contributed by atoms with Gasteiger partial charge >= 0.3 is 0 Å². The van der Waals surface area contributed by atoms with Crippen molar-refractivity contribution in [2.24, 2.45) is 0 Å². The van der Waals surface area contributed by atoms with Crippen molar-refractivity contribution in [2.75, 3.05) is 12.8 Å². The molecule has 2 N–H and O–H groups in total. The molecule has 0 bridgehead atoms. The van der Waals surface area contributed by atoms with Crippen LogP contribution in [0.4, 0.5) is 5.69 Å². The Labute approximate surface area is 124 Å². The maximum Gasteiger partial charge on any atom is 0.256 e. The fourth-order valence-electron chi connectivity index (χ4n) is 1.73. The summed E-state index contributed by atoms with van der Waals surface area (Å²) in [6, 6.07) is 5.27. The van der Waals surface area contributed by atoms with E-state index in [1.54, 1.807) is 35.4 Å². The number of carbonyl (C=O) groups is 1. The van der Waals surface area contributed by atoms with Crippen LogP contribution >= 0.6 is 27.3 Å². The van der Waals surface area contributed by atoms with Crippen molar-refractivity contribution in [1.29, 1.82) is 0 Å². The maximum atomic E-state index is 12.3. The first-order valence-electron chi connectivity index (χ1n) is 5.69. The van der Waals surface area contributed by atoms with Crippen LogP contribution in [0.15, 0.2) is 28.1 Å². The van der Waals surface area contributed by atoms with Crippen LogP contribution in [0.3, 0.4) is 0 Å². The van der Waals surface area contributed by atoms with Gasteiger partial charge in [-0.25, -0.2) is 4.98 Å². The number of anilines is 1. The topological polar surface area (TPSA) is 59.2 Å². The molecular weight excluding hydrogens is 326 g/mol. The van der Waals surface area contributed by atoms with Crippen molar-refractivity contribution in [2.45, 2.75) is 13.5 Å². The summed E-state index contributed by atoms with van der Waals surface area (Å²) in [7, 11) is 1.75. The van der Waals surface area contributed by atoms with E-state index in [0.29, 0.717) is 17.8 Å². The molecule has 2 rings (SSSR count). The Bertz CT molecular complexity index is 612. The van der Waals surface area contributed by atoms with Crippen LogP contribution < -0.4 is 5.73 Å². The van der Waals surface area contributed by atoms with Gasteiger partial charge in [0.2, 0.25) is 0 Å². The van der Waals surface area contributed by atoms with Crippen LogP contribution in [0.2, 0.25) is 0 Å². The molecule has 0 atom stereocenters. The van der Waals surface area contributed by atoms with Crippen LogP contribution in [-0.4, -0.2) is 22.8 Å². The molecule has 0 saturated heterocycles. The summed E-state index contributed by atoms with van der Waals surface area (Å²) in [4.78, 5) is 18.3. The molecule has 0 unspecified atom stereocenters. The number of rotatable bonds is 3. The van der Waals surface area contributed by atoms with Crippen molar-refractivity contribution >= 4 is 38.9 Å². The van der Waals surface area contributed by atoms with Gasteiger partial charge in [-0.15, -0.1) is 11.3 Å². The first-order valence-corrected chi connectivity index (χ1v) is 7.36. The van der Waals surface area contributed by atoms with Gasteiger partial charge in [-0.3, -0.25) is 4.79 Å². The molecule has 1 aromatic heterocycles. The quantitative estimate of drug-likeness (QED) is 0.874. The summed E-state index contributed by atoms with van der Waals surface area (Å²) in [5, 5.41) is 2.96. The predicted octanol–water partition coefficient (Wildman–Crippen LogP) is 3.07. The molecule has 100 valence electrons. The van der Waals surface area contributed by atoms with E-state index in [4.69, 9.17) is 5.73 Å². The molecule has 0 spiro atoms.